The van der Waals surface area contributed by atoms with Crippen LogP contribution in [0.4, 0.5) is 5.69 Å². The molecule has 2 N–H and O–H groups in total. The minimum absolute atomic E-state index is 0.0809. The Labute approximate surface area is 225 Å². The maximum Gasteiger partial charge on any atom is 0.300 e. The second-order valence-corrected chi connectivity index (χ2v) is 8.90. The smallest absolute Gasteiger partial charge is 0.300 e. The number of phenolic OH excluding ortho intramolecular Hbond substituents is 1. The van der Waals surface area contributed by atoms with Gasteiger partial charge in [0.15, 0.2) is 23.0 Å². The van der Waals surface area contributed by atoms with E-state index in [1.807, 2.05) is 36.4 Å². The van der Waals surface area contributed by atoms with Crippen LogP contribution in [0.1, 0.15) is 24.1 Å². The van der Waals surface area contributed by atoms with Gasteiger partial charge in [0.05, 0.1) is 38.1 Å². The van der Waals surface area contributed by atoms with Crippen molar-refractivity contribution < 1.29 is 34.0 Å². The summed E-state index contributed by atoms with van der Waals surface area (Å²) in [6.07, 6.45) is 0. The molecule has 1 atom stereocenters. The number of rotatable bonds is 7. The summed E-state index contributed by atoms with van der Waals surface area (Å²) in [6.45, 7) is 2.08. The molecule has 5 rings (SSSR count). The van der Waals surface area contributed by atoms with Crippen molar-refractivity contribution >= 4 is 33.9 Å². The lowest BCUT2D eigenvalue weighted by Gasteiger charge is -2.27. The molecule has 4 aromatic carbocycles. The average Bonchev–Trinajstić information content (AvgIpc) is 3.22. The highest BCUT2D eigenvalue weighted by Gasteiger charge is 2.47. The van der Waals surface area contributed by atoms with E-state index < -0.39 is 17.7 Å². The molecular formula is C31H27NO7. The molecule has 1 unspecified atom stereocenters. The van der Waals surface area contributed by atoms with Gasteiger partial charge in [-0.3, -0.25) is 14.5 Å². The van der Waals surface area contributed by atoms with Crippen LogP contribution < -0.4 is 19.1 Å². The standard InChI is InChI=1S/C31H27NO7/c1-4-39-25-16-19(12-14-23(25)33)28-27(29(34)20-13-15-24(37-2)26(17-20)38-3)30(35)31(36)32(28)22-11-7-9-18-8-5-6-10-21(18)22/h5-17,28,33-34H,4H2,1-3H3/b29-27+. The van der Waals surface area contributed by atoms with Gasteiger partial charge in [0, 0.05) is 10.9 Å². The molecule has 0 aliphatic carbocycles. The lowest BCUT2D eigenvalue weighted by molar-refractivity contribution is -0.132. The van der Waals surface area contributed by atoms with Crippen LogP contribution in [0.3, 0.4) is 0 Å². The van der Waals surface area contributed by atoms with Crippen molar-refractivity contribution in [2.24, 2.45) is 0 Å². The van der Waals surface area contributed by atoms with Gasteiger partial charge in [-0.2, -0.15) is 0 Å². The fourth-order valence-corrected chi connectivity index (χ4v) is 4.93. The Hall–Kier alpha value is -4.98. The van der Waals surface area contributed by atoms with Crippen LogP contribution in [-0.4, -0.2) is 42.7 Å². The molecule has 0 aromatic heterocycles. The Morgan fingerprint density at radius 2 is 1.62 bits per heavy atom. The molecule has 1 saturated heterocycles. The van der Waals surface area contributed by atoms with E-state index in [2.05, 4.69) is 0 Å². The topological polar surface area (TPSA) is 106 Å². The largest absolute Gasteiger partial charge is 0.507 e. The number of ether oxygens (including phenoxy) is 3. The lowest BCUT2D eigenvalue weighted by Crippen LogP contribution is -2.29. The van der Waals surface area contributed by atoms with Crippen LogP contribution in [-0.2, 0) is 9.59 Å². The summed E-state index contributed by atoms with van der Waals surface area (Å²) >= 11 is 0. The second kappa shape index (κ2) is 10.4. The molecular weight excluding hydrogens is 498 g/mol. The molecule has 4 aromatic rings. The van der Waals surface area contributed by atoms with E-state index in [0.717, 1.165) is 10.8 Å². The van der Waals surface area contributed by atoms with E-state index in [1.54, 1.807) is 43.3 Å². The van der Waals surface area contributed by atoms with Crippen molar-refractivity contribution in [2.45, 2.75) is 13.0 Å². The molecule has 0 spiro atoms. The normalized spacial score (nSPS) is 16.5. The highest BCUT2D eigenvalue weighted by atomic mass is 16.5. The number of aliphatic hydroxyl groups is 1. The van der Waals surface area contributed by atoms with Crippen LogP contribution in [0.5, 0.6) is 23.0 Å². The van der Waals surface area contributed by atoms with Crippen molar-refractivity contribution in [3.05, 3.63) is 95.6 Å². The molecule has 1 heterocycles. The predicted octanol–water partition coefficient (Wildman–Crippen LogP) is 5.59. The number of hydrogen-bond donors (Lipinski definition) is 2. The summed E-state index contributed by atoms with van der Waals surface area (Å²) < 4.78 is 16.3. The average molecular weight is 526 g/mol. The molecule has 39 heavy (non-hydrogen) atoms. The first kappa shape index (κ1) is 25.7. The van der Waals surface area contributed by atoms with Crippen LogP contribution >= 0.6 is 0 Å². The van der Waals surface area contributed by atoms with E-state index in [1.165, 1.54) is 25.2 Å². The molecule has 1 aliphatic heterocycles. The zero-order valence-corrected chi connectivity index (χ0v) is 21.7. The number of nitrogens with zero attached hydrogens (tertiary/aromatic N) is 1. The van der Waals surface area contributed by atoms with Gasteiger partial charge in [-0.25, -0.2) is 0 Å². The summed E-state index contributed by atoms with van der Waals surface area (Å²) in [6, 6.07) is 21.4. The molecule has 1 aliphatic rings. The zero-order valence-electron chi connectivity index (χ0n) is 21.7. The minimum Gasteiger partial charge on any atom is -0.507 e. The highest BCUT2D eigenvalue weighted by molar-refractivity contribution is 6.52. The third-order valence-electron chi connectivity index (χ3n) is 6.73. The summed E-state index contributed by atoms with van der Waals surface area (Å²) in [5.74, 6) is -1.08. The number of aliphatic hydroxyl groups excluding tert-OH is 1. The Kier molecular flexibility index (Phi) is 6.85. The van der Waals surface area contributed by atoms with Gasteiger partial charge < -0.3 is 24.4 Å². The Balaban J connectivity index is 1.78. The number of aromatic hydroxyl groups is 1. The van der Waals surface area contributed by atoms with E-state index in [9.17, 15) is 19.8 Å². The fourth-order valence-electron chi connectivity index (χ4n) is 4.93. The zero-order chi connectivity index (χ0) is 27.7. The first-order valence-electron chi connectivity index (χ1n) is 12.4. The molecule has 1 amide bonds. The van der Waals surface area contributed by atoms with Gasteiger partial charge in [0.1, 0.15) is 5.76 Å². The van der Waals surface area contributed by atoms with Crippen molar-refractivity contribution in [1.82, 2.24) is 0 Å². The number of phenols is 1. The predicted molar refractivity (Wildman–Crippen MR) is 148 cm³/mol. The number of amides is 1. The fraction of sp³-hybridized carbons (Fsp3) is 0.161. The van der Waals surface area contributed by atoms with Crippen molar-refractivity contribution in [3.63, 3.8) is 0 Å². The van der Waals surface area contributed by atoms with Crippen LogP contribution in [0.2, 0.25) is 0 Å². The summed E-state index contributed by atoms with van der Waals surface area (Å²) in [5.41, 5.74) is 1.16. The van der Waals surface area contributed by atoms with Crippen LogP contribution in [0.25, 0.3) is 16.5 Å². The molecule has 0 bridgehead atoms. The van der Waals surface area contributed by atoms with Crippen LogP contribution in [0, 0.1) is 0 Å². The van der Waals surface area contributed by atoms with Gasteiger partial charge in [-0.1, -0.05) is 42.5 Å². The lowest BCUT2D eigenvalue weighted by atomic mass is 9.94. The third-order valence-corrected chi connectivity index (χ3v) is 6.73. The third kappa shape index (κ3) is 4.40. The monoisotopic (exact) mass is 525 g/mol. The van der Waals surface area contributed by atoms with Gasteiger partial charge in [0.2, 0.25) is 0 Å². The van der Waals surface area contributed by atoms with Crippen molar-refractivity contribution in [2.75, 3.05) is 25.7 Å². The maximum absolute atomic E-state index is 13.7. The van der Waals surface area contributed by atoms with E-state index >= 15 is 0 Å². The number of carbonyl (C=O) groups excluding carboxylic acids is 2. The van der Waals surface area contributed by atoms with E-state index in [0.29, 0.717) is 29.4 Å². The number of ketones is 1. The molecule has 1 fully saturated rings. The summed E-state index contributed by atoms with van der Waals surface area (Å²) in [4.78, 5) is 28.7. The summed E-state index contributed by atoms with van der Waals surface area (Å²) in [7, 11) is 2.96. The minimum atomic E-state index is -1.01. The van der Waals surface area contributed by atoms with Gasteiger partial charge in [-0.15, -0.1) is 0 Å². The second-order valence-electron chi connectivity index (χ2n) is 8.90. The molecule has 198 valence electrons. The number of Topliss-reactive ketones (excluding diaryl/α,β-unsaturated/α-hetero) is 1. The highest BCUT2D eigenvalue weighted by Crippen LogP contribution is 2.46. The first-order valence-corrected chi connectivity index (χ1v) is 12.4. The van der Waals surface area contributed by atoms with E-state index in [4.69, 9.17) is 14.2 Å². The molecule has 8 heteroatoms. The number of hydrogen-bond acceptors (Lipinski definition) is 7. The Morgan fingerprint density at radius 3 is 2.36 bits per heavy atom. The number of methoxy groups -OCH3 is 2. The van der Waals surface area contributed by atoms with Crippen molar-refractivity contribution in [1.29, 1.82) is 0 Å². The summed E-state index contributed by atoms with van der Waals surface area (Å²) in [5, 5.41) is 23.5. The SMILES string of the molecule is CCOc1cc(C2/C(=C(\O)c3ccc(OC)c(OC)c3)C(=O)C(=O)N2c2cccc3ccccc23)ccc1O. The first-order chi connectivity index (χ1) is 18.9. The molecule has 0 saturated carbocycles. The number of carbonyl (C=O) groups is 2. The number of fused-ring (bicyclic) bond motifs is 1. The molecule has 0 radical (unpaired) electrons. The maximum atomic E-state index is 13.7. The van der Waals surface area contributed by atoms with Gasteiger partial charge >= 0.3 is 0 Å². The Bertz CT molecular complexity index is 1620. The number of anilines is 1. The van der Waals surface area contributed by atoms with Gasteiger partial charge in [-0.05, 0) is 54.3 Å². The quantitative estimate of drug-likeness (QED) is 0.184. The Morgan fingerprint density at radius 1 is 0.872 bits per heavy atom. The van der Waals surface area contributed by atoms with Crippen LogP contribution in [0.15, 0.2) is 84.4 Å². The van der Waals surface area contributed by atoms with Gasteiger partial charge in [0.25, 0.3) is 11.7 Å². The van der Waals surface area contributed by atoms with Crippen molar-refractivity contribution in [3.8, 4) is 23.0 Å². The van der Waals surface area contributed by atoms with E-state index in [-0.39, 0.29) is 28.4 Å². The number of benzene rings is 4. The molecule has 8 nitrogen and oxygen atoms in total.